The second-order valence-corrected chi connectivity index (χ2v) is 4.40. The number of carbonyl (C=O) groups excluding carboxylic acids is 1. The van der Waals surface area contributed by atoms with Gasteiger partial charge in [0, 0.05) is 24.1 Å². The first-order valence-corrected chi connectivity index (χ1v) is 5.89. The molecule has 0 atom stereocenters. The molecule has 0 amide bonds. The first kappa shape index (κ1) is 13.0. The molecule has 0 fully saturated rings. The van der Waals surface area contributed by atoms with Crippen molar-refractivity contribution in [2.45, 2.75) is 13.3 Å². The topological polar surface area (TPSA) is 60.2 Å². The lowest BCUT2D eigenvalue weighted by atomic mass is 10.0. The van der Waals surface area contributed by atoms with Crippen molar-refractivity contribution in [2.75, 3.05) is 0 Å². The number of non-ortho nitro benzene ring substituents is 1. The molecule has 96 valence electrons. The summed E-state index contributed by atoms with van der Waals surface area (Å²) in [6, 6.07) is 13.8. The minimum atomic E-state index is -0.480. The van der Waals surface area contributed by atoms with E-state index in [1.54, 1.807) is 13.0 Å². The van der Waals surface area contributed by atoms with Crippen molar-refractivity contribution in [1.82, 2.24) is 0 Å². The summed E-state index contributed by atoms with van der Waals surface area (Å²) in [6.45, 7) is 1.74. The average molecular weight is 255 g/mol. The van der Waals surface area contributed by atoms with E-state index in [-0.39, 0.29) is 17.9 Å². The van der Waals surface area contributed by atoms with Crippen LogP contribution in [0, 0.1) is 17.0 Å². The second-order valence-electron chi connectivity index (χ2n) is 4.40. The van der Waals surface area contributed by atoms with Crippen LogP contribution in [0.2, 0.25) is 0 Å². The van der Waals surface area contributed by atoms with Gasteiger partial charge in [-0.25, -0.2) is 0 Å². The average Bonchev–Trinajstić information content (AvgIpc) is 2.39. The molecule has 4 nitrogen and oxygen atoms in total. The SMILES string of the molecule is Cc1cc(C(=O)Cc2ccccc2)cc([N+](=O)[O-])c1. The number of hydrogen-bond donors (Lipinski definition) is 0. The van der Waals surface area contributed by atoms with Gasteiger partial charge >= 0.3 is 0 Å². The molecule has 0 N–H and O–H groups in total. The highest BCUT2D eigenvalue weighted by Gasteiger charge is 2.13. The Morgan fingerprint density at radius 1 is 1.16 bits per heavy atom. The van der Waals surface area contributed by atoms with Crippen LogP contribution in [0.3, 0.4) is 0 Å². The van der Waals surface area contributed by atoms with Crippen molar-refractivity contribution in [3.8, 4) is 0 Å². The summed E-state index contributed by atoms with van der Waals surface area (Å²) in [4.78, 5) is 22.4. The minimum absolute atomic E-state index is 0.0450. The summed E-state index contributed by atoms with van der Waals surface area (Å²) >= 11 is 0. The van der Waals surface area contributed by atoms with Gasteiger partial charge in [0.2, 0.25) is 0 Å². The van der Waals surface area contributed by atoms with Gasteiger partial charge in [0.05, 0.1) is 4.92 Å². The lowest BCUT2D eigenvalue weighted by Gasteiger charge is -2.03. The standard InChI is InChI=1S/C15H13NO3/c1-11-7-13(10-14(8-11)16(18)19)15(17)9-12-5-3-2-4-6-12/h2-8,10H,9H2,1H3. The first-order valence-electron chi connectivity index (χ1n) is 5.89. The third-order valence-corrected chi connectivity index (χ3v) is 2.80. The summed E-state index contributed by atoms with van der Waals surface area (Å²) in [7, 11) is 0. The van der Waals surface area contributed by atoms with Gasteiger partial charge in [-0.1, -0.05) is 30.3 Å². The van der Waals surface area contributed by atoms with Gasteiger partial charge < -0.3 is 0 Å². The van der Waals surface area contributed by atoms with E-state index in [0.717, 1.165) is 5.56 Å². The summed E-state index contributed by atoms with van der Waals surface area (Å²) < 4.78 is 0. The van der Waals surface area contributed by atoms with E-state index in [4.69, 9.17) is 0 Å². The highest BCUT2D eigenvalue weighted by Crippen LogP contribution is 2.18. The Balaban J connectivity index is 2.26. The smallest absolute Gasteiger partial charge is 0.270 e. The van der Waals surface area contributed by atoms with Gasteiger partial charge in [-0.05, 0) is 24.1 Å². The number of ketones is 1. The summed E-state index contributed by atoms with van der Waals surface area (Å²) in [6.07, 6.45) is 0.251. The van der Waals surface area contributed by atoms with Crippen molar-refractivity contribution in [2.24, 2.45) is 0 Å². The zero-order valence-corrected chi connectivity index (χ0v) is 10.5. The van der Waals surface area contributed by atoms with Crippen LogP contribution in [0.25, 0.3) is 0 Å². The van der Waals surface area contributed by atoms with E-state index in [0.29, 0.717) is 11.1 Å². The van der Waals surface area contributed by atoms with Gasteiger partial charge in [0.25, 0.3) is 5.69 Å². The third kappa shape index (κ3) is 3.25. The number of nitrogens with zero attached hydrogens (tertiary/aromatic N) is 1. The summed E-state index contributed by atoms with van der Waals surface area (Å²) in [5, 5.41) is 10.8. The number of carbonyl (C=O) groups is 1. The van der Waals surface area contributed by atoms with Crippen molar-refractivity contribution in [1.29, 1.82) is 0 Å². The summed E-state index contributed by atoms with van der Waals surface area (Å²) in [5.41, 5.74) is 1.95. The predicted octanol–water partition coefficient (Wildman–Crippen LogP) is 3.33. The van der Waals surface area contributed by atoms with Crippen molar-refractivity contribution in [3.05, 3.63) is 75.3 Å². The molecule has 0 aliphatic carbocycles. The van der Waals surface area contributed by atoms with E-state index in [1.807, 2.05) is 30.3 Å². The van der Waals surface area contributed by atoms with Crippen LogP contribution in [-0.2, 0) is 6.42 Å². The first-order chi connectivity index (χ1) is 9.06. The molecule has 2 aromatic carbocycles. The van der Waals surface area contributed by atoms with Crippen LogP contribution < -0.4 is 0 Å². The van der Waals surface area contributed by atoms with E-state index in [2.05, 4.69) is 0 Å². The normalized spacial score (nSPS) is 10.2. The highest BCUT2D eigenvalue weighted by molar-refractivity contribution is 5.98. The molecule has 0 radical (unpaired) electrons. The fourth-order valence-corrected chi connectivity index (χ4v) is 1.91. The molecule has 0 aromatic heterocycles. The van der Waals surface area contributed by atoms with Crippen molar-refractivity contribution < 1.29 is 9.72 Å². The predicted molar refractivity (Wildman–Crippen MR) is 72.3 cm³/mol. The number of aryl methyl sites for hydroxylation is 1. The number of nitro groups is 1. The van der Waals surface area contributed by atoms with Crippen molar-refractivity contribution >= 4 is 11.5 Å². The fourth-order valence-electron chi connectivity index (χ4n) is 1.91. The van der Waals surface area contributed by atoms with Gasteiger partial charge in [-0.15, -0.1) is 0 Å². The van der Waals surface area contributed by atoms with Gasteiger partial charge in [0.1, 0.15) is 0 Å². The van der Waals surface area contributed by atoms with Crippen LogP contribution in [0.15, 0.2) is 48.5 Å². The van der Waals surface area contributed by atoms with E-state index in [1.165, 1.54) is 12.1 Å². The van der Waals surface area contributed by atoms with Gasteiger partial charge in [-0.3, -0.25) is 14.9 Å². The van der Waals surface area contributed by atoms with Gasteiger partial charge in [0.15, 0.2) is 5.78 Å². The molecule has 0 saturated carbocycles. The lowest BCUT2D eigenvalue weighted by Crippen LogP contribution is -2.04. The molecule has 0 aliphatic rings. The van der Waals surface area contributed by atoms with Crippen LogP contribution >= 0.6 is 0 Å². The Kier molecular flexibility index (Phi) is 3.71. The van der Waals surface area contributed by atoms with Crippen molar-refractivity contribution in [3.63, 3.8) is 0 Å². The highest BCUT2D eigenvalue weighted by atomic mass is 16.6. The molecule has 2 aromatic rings. The number of nitro benzene ring substituents is 1. The Morgan fingerprint density at radius 2 is 1.84 bits per heavy atom. The van der Waals surface area contributed by atoms with E-state index >= 15 is 0 Å². The maximum atomic E-state index is 12.1. The number of hydrogen-bond acceptors (Lipinski definition) is 3. The molecule has 0 bridgehead atoms. The Bertz CT molecular complexity index is 621. The van der Waals surface area contributed by atoms with E-state index in [9.17, 15) is 14.9 Å². The largest absolute Gasteiger partial charge is 0.294 e. The lowest BCUT2D eigenvalue weighted by molar-refractivity contribution is -0.384. The molecule has 2 rings (SSSR count). The van der Waals surface area contributed by atoms with Crippen LogP contribution in [0.5, 0.6) is 0 Å². The maximum Gasteiger partial charge on any atom is 0.270 e. The van der Waals surface area contributed by atoms with E-state index < -0.39 is 4.92 Å². The Labute approximate surface area is 110 Å². The summed E-state index contributed by atoms with van der Waals surface area (Å²) in [5.74, 6) is -0.113. The molecule has 19 heavy (non-hydrogen) atoms. The number of rotatable bonds is 4. The number of Topliss-reactive ketones (excluding diaryl/α,β-unsaturated/α-hetero) is 1. The molecule has 4 heteroatoms. The van der Waals surface area contributed by atoms with Gasteiger partial charge in [-0.2, -0.15) is 0 Å². The second kappa shape index (κ2) is 5.44. The molecular weight excluding hydrogens is 242 g/mol. The zero-order chi connectivity index (χ0) is 13.8. The zero-order valence-electron chi connectivity index (χ0n) is 10.5. The van der Waals surface area contributed by atoms with Crippen LogP contribution in [-0.4, -0.2) is 10.7 Å². The molecular formula is C15H13NO3. The third-order valence-electron chi connectivity index (χ3n) is 2.80. The monoisotopic (exact) mass is 255 g/mol. The quantitative estimate of drug-likeness (QED) is 0.478. The molecule has 0 unspecified atom stereocenters. The fraction of sp³-hybridized carbons (Fsp3) is 0.133. The van der Waals surface area contributed by atoms with Crippen LogP contribution in [0.4, 0.5) is 5.69 Å². The Morgan fingerprint density at radius 3 is 2.47 bits per heavy atom. The molecule has 0 heterocycles. The molecule has 0 spiro atoms. The minimum Gasteiger partial charge on any atom is -0.294 e. The van der Waals surface area contributed by atoms with Crippen LogP contribution in [0.1, 0.15) is 21.5 Å². The molecule has 0 aliphatic heterocycles. The maximum absolute atomic E-state index is 12.1. The molecule has 0 saturated heterocycles. The Hall–Kier alpha value is -2.49. The number of benzene rings is 2.